The maximum absolute atomic E-state index is 12.2. The van der Waals surface area contributed by atoms with Gasteiger partial charge < -0.3 is 19.8 Å². The Morgan fingerprint density at radius 3 is 2.76 bits per heavy atom. The first-order valence-corrected chi connectivity index (χ1v) is 6.85. The van der Waals surface area contributed by atoms with Crippen molar-refractivity contribution in [1.82, 2.24) is 4.90 Å². The fourth-order valence-corrected chi connectivity index (χ4v) is 2.62. The Bertz CT molecular complexity index is 531. The van der Waals surface area contributed by atoms with Crippen molar-refractivity contribution in [3.8, 4) is 5.75 Å². The minimum atomic E-state index is -1.07. The van der Waals surface area contributed by atoms with Gasteiger partial charge >= 0.3 is 5.97 Å². The molecule has 1 aromatic carbocycles. The van der Waals surface area contributed by atoms with Gasteiger partial charge in [0, 0.05) is 19.4 Å². The summed E-state index contributed by atoms with van der Waals surface area (Å²) >= 11 is 0. The Kier molecular flexibility index (Phi) is 4.80. The number of carboxylic acid groups (broad SMARTS) is 1. The molecule has 1 aliphatic rings. The predicted molar refractivity (Wildman–Crippen MR) is 75.1 cm³/mol. The summed E-state index contributed by atoms with van der Waals surface area (Å²) in [6.07, 6.45) is -0.00436. The third-order valence-corrected chi connectivity index (χ3v) is 3.69. The van der Waals surface area contributed by atoms with Gasteiger partial charge in [-0.25, -0.2) is 4.79 Å². The third-order valence-electron chi connectivity index (χ3n) is 3.69. The monoisotopic (exact) mass is 293 g/mol. The van der Waals surface area contributed by atoms with Gasteiger partial charge in [0.15, 0.2) is 0 Å². The average molecular weight is 293 g/mol. The number of carboxylic acids is 1. The highest BCUT2D eigenvalue weighted by Crippen LogP contribution is 2.22. The number of aliphatic hydroxyl groups excluding tert-OH is 1. The SMILES string of the molecule is COc1ccccc1CCC(=O)N1C[C@H](O)C[C@H]1C(=O)O. The molecule has 0 saturated carbocycles. The molecule has 1 aliphatic heterocycles. The van der Waals surface area contributed by atoms with Crippen LogP contribution in [-0.2, 0) is 16.0 Å². The van der Waals surface area contributed by atoms with Crippen LogP contribution in [0.25, 0.3) is 0 Å². The van der Waals surface area contributed by atoms with Crippen molar-refractivity contribution in [3.63, 3.8) is 0 Å². The minimum Gasteiger partial charge on any atom is -0.496 e. The number of aliphatic hydroxyl groups is 1. The lowest BCUT2D eigenvalue weighted by atomic mass is 10.1. The van der Waals surface area contributed by atoms with Crippen molar-refractivity contribution >= 4 is 11.9 Å². The topological polar surface area (TPSA) is 87.1 Å². The fraction of sp³-hybridized carbons (Fsp3) is 0.467. The van der Waals surface area contributed by atoms with Gasteiger partial charge in [0.2, 0.25) is 5.91 Å². The molecule has 2 N–H and O–H groups in total. The Morgan fingerprint density at radius 1 is 1.38 bits per heavy atom. The molecule has 0 spiro atoms. The number of likely N-dealkylation sites (tertiary alicyclic amines) is 1. The second-order valence-corrected chi connectivity index (χ2v) is 5.10. The van der Waals surface area contributed by atoms with E-state index in [2.05, 4.69) is 0 Å². The van der Waals surface area contributed by atoms with E-state index < -0.39 is 18.1 Å². The van der Waals surface area contributed by atoms with Crippen molar-refractivity contribution in [2.45, 2.75) is 31.4 Å². The van der Waals surface area contributed by atoms with Gasteiger partial charge in [-0.15, -0.1) is 0 Å². The summed E-state index contributed by atoms with van der Waals surface area (Å²) in [7, 11) is 1.57. The van der Waals surface area contributed by atoms with Crippen LogP contribution in [0.3, 0.4) is 0 Å². The number of rotatable bonds is 5. The molecule has 0 aliphatic carbocycles. The molecule has 0 unspecified atom stereocenters. The summed E-state index contributed by atoms with van der Waals surface area (Å²) in [4.78, 5) is 24.6. The first-order valence-electron chi connectivity index (χ1n) is 6.85. The Hall–Kier alpha value is -2.08. The van der Waals surface area contributed by atoms with Gasteiger partial charge in [-0.05, 0) is 18.1 Å². The van der Waals surface area contributed by atoms with Gasteiger partial charge in [0.05, 0.1) is 13.2 Å². The van der Waals surface area contributed by atoms with Crippen LogP contribution in [0.15, 0.2) is 24.3 Å². The zero-order valence-electron chi connectivity index (χ0n) is 11.9. The van der Waals surface area contributed by atoms with Gasteiger partial charge in [-0.1, -0.05) is 18.2 Å². The highest BCUT2D eigenvalue weighted by molar-refractivity contribution is 5.84. The van der Waals surface area contributed by atoms with E-state index in [4.69, 9.17) is 9.84 Å². The number of amides is 1. The molecule has 6 heteroatoms. The van der Waals surface area contributed by atoms with Gasteiger partial charge in [0.25, 0.3) is 0 Å². The molecule has 6 nitrogen and oxygen atoms in total. The largest absolute Gasteiger partial charge is 0.496 e. The number of β-amino-alcohol motifs (C(OH)–C–C–N with tert-alkyl or cyclic N) is 1. The minimum absolute atomic E-state index is 0.0850. The van der Waals surface area contributed by atoms with Crippen LogP contribution in [0.5, 0.6) is 5.75 Å². The molecule has 2 atom stereocenters. The summed E-state index contributed by atoms with van der Waals surface area (Å²) < 4.78 is 5.22. The van der Waals surface area contributed by atoms with E-state index in [1.165, 1.54) is 4.90 Å². The van der Waals surface area contributed by atoms with E-state index in [0.717, 1.165) is 5.56 Å². The second-order valence-electron chi connectivity index (χ2n) is 5.10. The second kappa shape index (κ2) is 6.58. The summed E-state index contributed by atoms with van der Waals surface area (Å²) in [5.74, 6) is -0.622. The van der Waals surface area contributed by atoms with Crippen LogP contribution >= 0.6 is 0 Å². The summed E-state index contributed by atoms with van der Waals surface area (Å²) in [5, 5.41) is 18.7. The molecule has 1 heterocycles. The molecule has 2 rings (SSSR count). The van der Waals surface area contributed by atoms with E-state index in [9.17, 15) is 14.7 Å². The molecule has 114 valence electrons. The van der Waals surface area contributed by atoms with E-state index >= 15 is 0 Å². The van der Waals surface area contributed by atoms with E-state index in [-0.39, 0.29) is 25.3 Å². The van der Waals surface area contributed by atoms with E-state index in [1.54, 1.807) is 7.11 Å². The van der Waals surface area contributed by atoms with Crippen LogP contribution in [0, 0.1) is 0 Å². The maximum Gasteiger partial charge on any atom is 0.326 e. The molecule has 1 amide bonds. The van der Waals surface area contributed by atoms with E-state index in [0.29, 0.717) is 12.2 Å². The summed E-state index contributed by atoms with van der Waals surface area (Å²) in [6, 6.07) is 6.48. The number of benzene rings is 1. The molecule has 0 aromatic heterocycles. The zero-order chi connectivity index (χ0) is 15.4. The van der Waals surface area contributed by atoms with Crippen molar-refractivity contribution in [2.24, 2.45) is 0 Å². The molecule has 21 heavy (non-hydrogen) atoms. The first kappa shape index (κ1) is 15.3. The van der Waals surface area contributed by atoms with Crippen LogP contribution in [0.2, 0.25) is 0 Å². The molecule has 1 aromatic rings. The fourth-order valence-electron chi connectivity index (χ4n) is 2.62. The molecule has 1 saturated heterocycles. The van der Waals surface area contributed by atoms with Crippen molar-refractivity contribution in [1.29, 1.82) is 0 Å². The number of para-hydroxylation sites is 1. The molecular formula is C15H19NO5. The van der Waals surface area contributed by atoms with Crippen molar-refractivity contribution < 1.29 is 24.5 Å². The quantitative estimate of drug-likeness (QED) is 0.833. The first-order chi connectivity index (χ1) is 10.0. The lowest BCUT2D eigenvalue weighted by Gasteiger charge is -2.21. The lowest BCUT2D eigenvalue weighted by molar-refractivity contribution is -0.148. The Balaban J connectivity index is 2.00. The number of hydrogen-bond acceptors (Lipinski definition) is 4. The number of aryl methyl sites for hydroxylation is 1. The highest BCUT2D eigenvalue weighted by Gasteiger charge is 2.38. The molecular weight excluding hydrogens is 274 g/mol. The summed E-state index contributed by atoms with van der Waals surface area (Å²) in [5.41, 5.74) is 0.903. The number of carbonyl (C=O) groups excluding carboxylic acids is 1. The smallest absolute Gasteiger partial charge is 0.326 e. The number of hydrogen-bond donors (Lipinski definition) is 2. The number of aliphatic carboxylic acids is 1. The zero-order valence-corrected chi connectivity index (χ0v) is 11.9. The van der Waals surface area contributed by atoms with Gasteiger partial charge in [-0.3, -0.25) is 4.79 Å². The predicted octanol–water partition coefficient (Wildman–Crippen LogP) is 0.674. The normalized spacial score (nSPS) is 21.3. The number of methoxy groups -OCH3 is 1. The van der Waals surface area contributed by atoms with Crippen molar-refractivity contribution in [2.75, 3.05) is 13.7 Å². The number of carbonyl (C=O) groups is 2. The van der Waals surface area contributed by atoms with Crippen LogP contribution < -0.4 is 4.74 Å². The standard InChI is InChI=1S/C15H19NO5/c1-21-13-5-3-2-4-10(13)6-7-14(18)16-9-11(17)8-12(16)15(19)20/h2-5,11-12,17H,6-9H2,1H3,(H,19,20)/t11-,12+/m1/s1. The van der Waals surface area contributed by atoms with Crippen LogP contribution in [0.1, 0.15) is 18.4 Å². The number of nitrogens with zero attached hydrogens (tertiary/aromatic N) is 1. The lowest BCUT2D eigenvalue weighted by Crippen LogP contribution is -2.40. The summed E-state index contributed by atoms with van der Waals surface area (Å²) in [6.45, 7) is 0.0850. The molecule has 1 fully saturated rings. The van der Waals surface area contributed by atoms with Crippen LogP contribution in [-0.4, -0.2) is 52.8 Å². The Labute approximate surface area is 122 Å². The van der Waals surface area contributed by atoms with E-state index in [1.807, 2.05) is 24.3 Å². The maximum atomic E-state index is 12.2. The van der Waals surface area contributed by atoms with Crippen LogP contribution in [0.4, 0.5) is 0 Å². The number of ether oxygens (including phenoxy) is 1. The highest BCUT2D eigenvalue weighted by atomic mass is 16.5. The third kappa shape index (κ3) is 3.52. The molecule has 0 bridgehead atoms. The van der Waals surface area contributed by atoms with Gasteiger partial charge in [-0.2, -0.15) is 0 Å². The molecule has 0 radical (unpaired) electrons. The van der Waals surface area contributed by atoms with Gasteiger partial charge in [0.1, 0.15) is 11.8 Å². The average Bonchev–Trinajstić information content (AvgIpc) is 2.87. The van der Waals surface area contributed by atoms with Crippen molar-refractivity contribution in [3.05, 3.63) is 29.8 Å². The Morgan fingerprint density at radius 2 is 2.10 bits per heavy atom.